The Morgan fingerprint density at radius 3 is 1.76 bits per heavy atom. The quantitative estimate of drug-likeness (QED) is 0.691. The molecule has 1 aromatic carbocycles. The van der Waals surface area contributed by atoms with Gasteiger partial charge in [0.1, 0.15) is 0 Å². The zero-order valence-electron chi connectivity index (χ0n) is 11.5. The van der Waals surface area contributed by atoms with Crippen molar-refractivity contribution in [3.05, 3.63) is 29.3 Å². The Hall–Kier alpha value is -0.795. The molecule has 1 aromatic rings. The van der Waals surface area contributed by atoms with Crippen LogP contribution in [0.25, 0.3) is 0 Å². The van der Waals surface area contributed by atoms with E-state index in [9.17, 15) is 0 Å². The lowest BCUT2D eigenvalue weighted by molar-refractivity contribution is 0.00578. The first-order valence-corrected chi connectivity index (χ1v) is 6.07. The van der Waals surface area contributed by atoms with Crippen LogP contribution < -0.4 is 5.46 Å². The Morgan fingerprint density at radius 2 is 1.35 bits per heavy atom. The number of rotatable bonds is 1. The molecule has 1 aliphatic heterocycles. The molecule has 3 heteroatoms. The molecule has 0 unspecified atom stereocenters. The summed E-state index contributed by atoms with van der Waals surface area (Å²) in [6.45, 7) is 12.4. The Bertz CT molecular complexity index is 402. The molecule has 1 aliphatic rings. The molecular weight excluding hydrogens is 211 g/mol. The second-order valence-electron chi connectivity index (χ2n) is 5.87. The summed E-state index contributed by atoms with van der Waals surface area (Å²) in [6.07, 6.45) is 0. The maximum Gasteiger partial charge on any atom is 0.494 e. The van der Waals surface area contributed by atoms with Gasteiger partial charge in [-0.05, 0) is 64.2 Å². The number of aryl methyl sites for hydroxylation is 2. The first kappa shape index (κ1) is 12.7. The molecule has 91 valence electrons. The van der Waals surface area contributed by atoms with E-state index in [1.807, 2.05) is 13.8 Å². The third kappa shape index (κ3) is 2.27. The van der Waals surface area contributed by atoms with Crippen molar-refractivity contribution in [3.8, 4) is 0 Å². The fourth-order valence-corrected chi connectivity index (χ4v) is 2.04. The summed E-state index contributed by atoms with van der Waals surface area (Å²) in [4.78, 5) is 0. The van der Waals surface area contributed by atoms with Gasteiger partial charge in [-0.1, -0.05) is 12.1 Å². The summed E-state index contributed by atoms with van der Waals surface area (Å²) < 4.78 is 12.0. The molecule has 0 amide bonds. The molecular formula is C14H20BO2. The Kier molecular flexibility index (Phi) is 2.87. The minimum atomic E-state index is -0.279. The third-order valence-electron chi connectivity index (χ3n) is 3.69. The molecule has 0 aromatic heterocycles. The summed E-state index contributed by atoms with van der Waals surface area (Å²) in [6, 6.07) is 7.42. The number of hydrogen-bond donors (Lipinski definition) is 0. The smallest absolute Gasteiger partial charge is 0.399 e. The van der Waals surface area contributed by atoms with Gasteiger partial charge in [0.25, 0.3) is 0 Å². The van der Waals surface area contributed by atoms with Crippen LogP contribution in [0.5, 0.6) is 0 Å². The zero-order valence-corrected chi connectivity index (χ0v) is 11.5. The molecule has 0 saturated carbocycles. The summed E-state index contributed by atoms with van der Waals surface area (Å²) in [5.74, 6) is 0. The van der Waals surface area contributed by atoms with Crippen LogP contribution in [0, 0.1) is 19.9 Å². The van der Waals surface area contributed by atoms with Crippen molar-refractivity contribution in [2.24, 2.45) is 0 Å². The minimum Gasteiger partial charge on any atom is -0.399 e. The van der Waals surface area contributed by atoms with Gasteiger partial charge in [-0.15, -0.1) is 0 Å². The molecule has 2 nitrogen and oxygen atoms in total. The van der Waals surface area contributed by atoms with Crippen molar-refractivity contribution in [3.63, 3.8) is 0 Å². The largest absolute Gasteiger partial charge is 0.494 e. The number of benzene rings is 1. The first-order valence-electron chi connectivity index (χ1n) is 6.07. The normalized spacial score (nSPS) is 21.9. The van der Waals surface area contributed by atoms with Crippen LogP contribution in [0.2, 0.25) is 0 Å². The third-order valence-corrected chi connectivity index (χ3v) is 3.69. The maximum atomic E-state index is 6.02. The summed E-state index contributed by atoms with van der Waals surface area (Å²) >= 11 is 0. The lowest BCUT2D eigenvalue weighted by Gasteiger charge is -2.32. The fourth-order valence-electron chi connectivity index (χ4n) is 2.04. The number of hydrogen-bond acceptors (Lipinski definition) is 2. The Morgan fingerprint density at radius 1 is 0.941 bits per heavy atom. The van der Waals surface area contributed by atoms with E-state index in [1.54, 1.807) is 0 Å². The Balaban J connectivity index is 2.32. The van der Waals surface area contributed by atoms with Crippen molar-refractivity contribution < 1.29 is 9.31 Å². The van der Waals surface area contributed by atoms with Crippen molar-refractivity contribution in [1.29, 1.82) is 0 Å². The Labute approximate surface area is 104 Å². The summed E-state index contributed by atoms with van der Waals surface area (Å²) in [5, 5.41) is 0. The molecule has 1 radical (unpaired) electrons. The topological polar surface area (TPSA) is 18.5 Å². The van der Waals surface area contributed by atoms with Crippen LogP contribution in [0.15, 0.2) is 12.1 Å². The van der Waals surface area contributed by atoms with Gasteiger partial charge in [0, 0.05) is 0 Å². The highest BCUT2D eigenvalue weighted by molar-refractivity contribution is 6.62. The van der Waals surface area contributed by atoms with E-state index in [4.69, 9.17) is 9.31 Å². The van der Waals surface area contributed by atoms with Gasteiger partial charge in [-0.25, -0.2) is 0 Å². The molecule has 0 bridgehead atoms. The van der Waals surface area contributed by atoms with E-state index in [2.05, 4.69) is 45.9 Å². The molecule has 0 atom stereocenters. The second kappa shape index (κ2) is 3.86. The highest BCUT2D eigenvalue weighted by Gasteiger charge is 2.51. The monoisotopic (exact) mass is 231 g/mol. The van der Waals surface area contributed by atoms with E-state index in [0.717, 1.165) is 16.6 Å². The molecule has 1 heterocycles. The average molecular weight is 231 g/mol. The molecule has 0 aliphatic carbocycles. The van der Waals surface area contributed by atoms with E-state index in [-0.39, 0.29) is 18.3 Å². The summed E-state index contributed by atoms with van der Waals surface area (Å²) in [7, 11) is -0.271. The van der Waals surface area contributed by atoms with Crippen LogP contribution in [-0.2, 0) is 9.31 Å². The molecule has 0 N–H and O–H groups in total. The van der Waals surface area contributed by atoms with Gasteiger partial charge in [0.05, 0.1) is 11.2 Å². The van der Waals surface area contributed by atoms with Crippen LogP contribution in [-0.4, -0.2) is 18.3 Å². The molecule has 0 spiro atoms. The minimum absolute atomic E-state index is 0.271. The second-order valence-corrected chi connectivity index (χ2v) is 5.87. The fraction of sp³-hybridized carbons (Fsp3) is 0.571. The molecule has 1 fully saturated rings. The van der Waals surface area contributed by atoms with Crippen molar-refractivity contribution >= 4 is 12.6 Å². The van der Waals surface area contributed by atoms with Crippen molar-refractivity contribution in [1.82, 2.24) is 0 Å². The maximum absolute atomic E-state index is 6.02. The van der Waals surface area contributed by atoms with Gasteiger partial charge in [0.15, 0.2) is 0 Å². The van der Waals surface area contributed by atoms with Gasteiger partial charge >= 0.3 is 7.12 Å². The van der Waals surface area contributed by atoms with E-state index < -0.39 is 0 Å². The highest BCUT2D eigenvalue weighted by Crippen LogP contribution is 2.36. The van der Waals surface area contributed by atoms with Crippen LogP contribution in [0.3, 0.4) is 0 Å². The van der Waals surface area contributed by atoms with Crippen molar-refractivity contribution in [2.45, 2.75) is 52.7 Å². The standard InChI is InChI=1S/C14H20BO2/c1-10-7-11(2)9-12(8-10)15-16-13(3,4)14(5,6)17-15/h8-9H,1-6H3. The van der Waals surface area contributed by atoms with Gasteiger partial charge in [-0.2, -0.15) is 0 Å². The highest BCUT2D eigenvalue weighted by atomic mass is 16.7. The van der Waals surface area contributed by atoms with Gasteiger partial charge in [0.2, 0.25) is 0 Å². The van der Waals surface area contributed by atoms with Crippen LogP contribution in [0.4, 0.5) is 0 Å². The van der Waals surface area contributed by atoms with Crippen LogP contribution >= 0.6 is 0 Å². The SMILES string of the molecule is Cc1[c]c(C)cc(B2OC(C)(C)C(C)(C)O2)c1. The lowest BCUT2D eigenvalue weighted by Crippen LogP contribution is -2.41. The predicted octanol–water partition coefficient (Wildman–Crippen LogP) is 2.40. The average Bonchev–Trinajstić information content (AvgIpc) is 2.34. The molecule has 2 rings (SSSR count). The van der Waals surface area contributed by atoms with E-state index >= 15 is 0 Å². The first-order chi connectivity index (χ1) is 7.71. The molecule has 17 heavy (non-hydrogen) atoms. The van der Waals surface area contributed by atoms with Crippen LogP contribution in [0.1, 0.15) is 38.8 Å². The molecule has 1 saturated heterocycles. The zero-order chi connectivity index (χ0) is 12.8. The predicted molar refractivity (Wildman–Crippen MR) is 70.5 cm³/mol. The van der Waals surface area contributed by atoms with E-state index in [1.165, 1.54) is 0 Å². The van der Waals surface area contributed by atoms with Gasteiger partial charge < -0.3 is 9.31 Å². The lowest BCUT2D eigenvalue weighted by atomic mass is 9.77. The summed E-state index contributed by atoms with van der Waals surface area (Å²) in [5.41, 5.74) is 2.76. The van der Waals surface area contributed by atoms with E-state index in [0.29, 0.717) is 0 Å². The van der Waals surface area contributed by atoms with Crippen molar-refractivity contribution in [2.75, 3.05) is 0 Å². The van der Waals surface area contributed by atoms with Gasteiger partial charge in [-0.3, -0.25) is 0 Å².